The molecule has 166 valence electrons. The molecule has 0 saturated carbocycles. The molecule has 1 unspecified atom stereocenters. The molecule has 0 saturated heterocycles. The maximum Gasteiger partial charge on any atom is 0.407 e. The molecule has 0 aliphatic heterocycles. The largest absolute Gasteiger partial charge is 0.464 e. The average molecular weight is 400 g/mol. The average Bonchev–Trinajstić information content (AvgIpc) is 2.70. The molecule has 1 amide bonds. The standard InChI is InChI=1S/C23H45NO4/c1-5-8-9-10-11-12-13-14-15-16-17-19-27-22(25)21(20(4)7-3)24-23(26)28-18-6-2/h20-21H,5-19H2,1-4H3,(H,24,26)/t20?,21-/m0/s1. The molecule has 0 aromatic rings. The Hall–Kier alpha value is -1.26. The Labute approximate surface area is 173 Å². The number of rotatable bonds is 18. The van der Waals surface area contributed by atoms with Crippen LogP contribution >= 0.6 is 0 Å². The summed E-state index contributed by atoms with van der Waals surface area (Å²) in [5, 5.41) is 2.66. The number of hydrogen-bond donors (Lipinski definition) is 1. The van der Waals surface area contributed by atoms with Crippen LogP contribution in [0.1, 0.15) is 111 Å². The Morgan fingerprint density at radius 1 is 0.714 bits per heavy atom. The highest BCUT2D eigenvalue weighted by Crippen LogP contribution is 2.13. The van der Waals surface area contributed by atoms with E-state index in [1.54, 1.807) is 0 Å². The quantitative estimate of drug-likeness (QED) is 0.214. The van der Waals surface area contributed by atoms with Gasteiger partial charge in [-0.2, -0.15) is 0 Å². The van der Waals surface area contributed by atoms with Gasteiger partial charge in [-0.15, -0.1) is 0 Å². The fourth-order valence-electron chi connectivity index (χ4n) is 3.06. The van der Waals surface area contributed by atoms with E-state index < -0.39 is 12.1 Å². The Balaban J connectivity index is 3.83. The van der Waals surface area contributed by atoms with Crippen molar-refractivity contribution in [2.24, 2.45) is 5.92 Å². The first kappa shape index (κ1) is 26.7. The van der Waals surface area contributed by atoms with E-state index in [1.165, 1.54) is 57.8 Å². The smallest absolute Gasteiger partial charge is 0.407 e. The zero-order valence-electron chi connectivity index (χ0n) is 18.9. The summed E-state index contributed by atoms with van der Waals surface area (Å²) in [5.74, 6) is -0.339. The number of ether oxygens (including phenoxy) is 2. The van der Waals surface area contributed by atoms with Gasteiger partial charge in [0.2, 0.25) is 0 Å². The second-order valence-corrected chi connectivity index (χ2v) is 7.85. The third kappa shape index (κ3) is 14.8. The van der Waals surface area contributed by atoms with Crippen LogP contribution in [0.5, 0.6) is 0 Å². The highest BCUT2D eigenvalue weighted by molar-refractivity contribution is 5.81. The van der Waals surface area contributed by atoms with E-state index in [4.69, 9.17) is 9.47 Å². The van der Waals surface area contributed by atoms with Gasteiger partial charge in [0.15, 0.2) is 0 Å². The van der Waals surface area contributed by atoms with Crippen LogP contribution in [0.4, 0.5) is 4.79 Å². The van der Waals surface area contributed by atoms with Crippen LogP contribution in [0.3, 0.4) is 0 Å². The highest BCUT2D eigenvalue weighted by Gasteiger charge is 2.27. The summed E-state index contributed by atoms with van der Waals surface area (Å²) in [5.41, 5.74) is 0. The van der Waals surface area contributed by atoms with Gasteiger partial charge in [-0.1, -0.05) is 98.3 Å². The molecule has 0 aromatic heterocycles. The van der Waals surface area contributed by atoms with E-state index in [0.29, 0.717) is 13.2 Å². The monoisotopic (exact) mass is 399 g/mol. The molecule has 0 radical (unpaired) electrons. The first-order valence-electron chi connectivity index (χ1n) is 11.7. The summed E-state index contributed by atoms with van der Waals surface area (Å²) in [6.07, 6.45) is 14.9. The van der Waals surface area contributed by atoms with Crippen molar-refractivity contribution in [1.29, 1.82) is 0 Å². The predicted molar refractivity (Wildman–Crippen MR) is 115 cm³/mol. The zero-order chi connectivity index (χ0) is 21.0. The van der Waals surface area contributed by atoms with Crippen molar-refractivity contribution in [2.45, 2.75) is 117 Å². The van der Waals surface area contributed by atoms with E-state index >= 15 is 0 Å². The maximum atomic E-state index is 12.3. The van der Waals surface area contributed by atoms with Gasteiger partial charge in [-0.05, 0) is 18.8 Å². The van der Waals surface area contributed by atoms with Gasteiger partial charge in [0.25, 0.3) is 0 Å². The van der Waals surface area contributed by atoms with E-state index in [9.17, 15) is 9.59 Å². The topological polar surface area (TPSA) is 64.6 Å². The molecule has 5 nitrogen and oxygen atoms in total. The van der Waals surface area contributed by atoms with Crippen molar-refractivity contribution in [3.63, 3.8) is 0 Å². The summed E-state index contributed by atoms with van der Waals surface area (Å²) >= 11 is 0. The van der Waals surface area contributed by atoms with Gasteiger partial charge >= 0.3 is 12.1 Å². The Morgan fingerprint density at radius 2 is 1.25 bits per heavy atom. The number of alkyl carbamates (subject to hydrolysis) is 1. The summed E-state index contributed by atoms with van der Waals surface area (Å²) < 4.78 is 10.4. The number of amides is 1. The molecule has 5 heteroatoms. The molecule has 0 aliphatic carbocycles. The summed E-state index contributed by atoms with van der Waals surface area (Å²) in [7, 11) is 0. The predicted octanol–water partition coefficient (Wildman–Crippen LogP) is 6.39. The number of carbonyl (C=O) groups is 2. The van der Waals surface area contributed by atoms with Gasteiger partial charge in [0.1, 0.15) is 6.04 Å². The van der Waals surface area contributed by atoms with Crippen molar-refractivity contribution in [3.8, 4) is 0 Å². The van der Waals surface area contributed by atoms with Gasteiger partial charge in [0.05, 0.1) is 13.2 Å². The third-order valence-corrected chi connectivity index (χ3v) is 5.17. The molecule has 0 fully saturated rings. The van der Waals surface area contributed by atoms with Crippen molar-refractivity contribution in [2.75, 3.05) is 13.2 Å². The number of carbonyl (C=O) groups excluding carboxylic acids is 2. The van der Waals surface area contributed by atoms with Crippen LogP contribution in [-0.4, -0.2) is 31.3 Å². The summed E-state index contributed by atoms with van der Waals surface area (Å²) in [6.45, 7) is 8.89. The molecular formula is C23H45NO4. The van der Waals surface area contributed by atoms with Crippen LogP contribution in [0.15, 0.2) is 0 Å². The molecule has 0 heterocycles. The first-order valence-corrected chi connectivity index (χ1v) is 11.7. The summed E-state index contributed by atoms with van der Waals surface area (Å²) in [4.78, 5) is 24.1. The lowest BCUT2D eigenvalue weighted by molar-refractivity contribution is -0.147. The minimum Gasteiger partial charge on any atom is -0.464 e. The number of esters is 1. The number of hydrogen-bond acceptors (Lipinski definition) is 4. The van der Waals surface area contributed by atoms with Crippen LogP contribution < -0.4 is 5.32 Å². The normalized spacial score (nSPS) is 13.0. The Morgan fingerprint density at radius 3 is 1.75 bits per heavy atom. The summed E-state index contributed by atoms with van der Waals surface area (Å²) in [6, 6.07) is -0.637. The lowest BCUT2D eigenvalue weighted by Crippen LogP contribution is -2.46. The fourth-order valence-corrected chi connectivity index (χ4v) is 3.06. The van der Waals surface area contributed by atoms with Gasteiger partial charge in [-0.3, -0.25) is 0 Å². The third-order valence-electron chi connectivity index (χ3n) is 5.17. The molecule has 0 bridgehead atoms. The van der Waals surface area contributed by atoms with Gasteiger partial charge in [-0.25, -0.2) is 9.59 Å². The number of unbranched alkanes of at least 4 members (excludes halogenated alkanes) is 10. The molecule has 0 aliphatic rings. The van der Waals surface area contributed by atoms with E-state index in [-0.39, 0.29) is 11.9 Å². The lowest BCUT2D eigenvalue weighted by Gasteiger charge is -2.22. The number of nitrogens with one attached hydrogen (secondary N) is 1. The van der Waals surface area contributed by atoms with Crippen LogP contribution in [0.25, 0.3) is 0 Å². The van der Waals surface area contributed by atoms with Crippen molar-refractivity contribution in [1.82, 2.24) is 5.32 Å². The second kappa shape index (κ2) is 19.1. The minimum atomic E-state index is -0.637. The van der Waals surface area contributed by atoms with Crippen LogP contribution in [0.2, 0.25) is 0 Å². The SMILES string of the molecule is CCCCCCCCCCCCCOC(=O)[C@@H](NC(=O)OCCC)C(C)CC. The first-order chi connectivity index (χ1) is 13.6. The van der Waals surface area contributed by atoms with Crippen LogP contribution in [0, 0.1) is 5.92 Å². The Bertz CT molecular complexity index is 387. The van der Waals surface area contributed by atoms with E-state index in [2.05, 4.69) is 12.2 Å². The minimum absolute atomic E-state index is 0.0130. The maximum absolute atomic E-state index is 12.3. The highest BCUT2D eigenvalue weighted by atomic mass is 16.6. The lowest BCUT2D eigenvalue weighted by atomic mass is 9.99. The van der Waals surface area contributed by atoms with Gasteiger partial charge in [0, 0.05) is 0 Å². The molecule has 0 rings (SSSR count). The second-order valence-electron chi connectivity index (χ2n) is 7.85. The van der Waals surface area contributed by atoms with Crippen molar-refractivity contribution >= 4 is 12.1 Å². The molecule has 2 atom stereocenters. The van der Waals surface area contributed by atoms with Crippen molar-refractivity contribution in [3.05, 3.63) is 0 Å². The molecule has 0 spiro atoms. The zero-order valence-corrected chi connectivity index (χ0v) is 18.9. The van der Waals surface area contributed by atoms with E-state index in [0.717, 1.165) is 25.7 Å². The van der Waals surface area contributed by atoms with Crippen LogP contribution in [-0.2, 0) is 14.3 Å². The van der Waals surface area contributed by atoms with Crippen molar-refractivity contribution < 1.29 is 19.1 Å². The molecular weight excluding hydrogens is 354 g/mol. The Kier molecular flexibility index (Phi) is 18.2. The van der Waals surface area contributed by atoms with Gasteiger partial charge < -0.3 is 14.8 Å². The van der Waals surface area contributed by atoms with E-state index in [1.807, 2.05) is 20.8 Å². The molecule has 28 heavy (non-hydrogen) atoms. The molecule has 1 N–H and O–H groups in total. The molecule has 0 aromatic carbocycles. The fraction of sp³-hybridized carbons (Fsp3) is 0.913.